The first-order chi connectivity index (χ1) is 5.41. The van der Waals surface area contributed by atoms with E-state index < -0.39 is 0 Å². The van der Waals surface area contributed by atoms with Crippen molar-refractivity contribution in [2.24, 2.45) is 0 Å². The SMILES string of the molecule is CCOCCOCCOCC.[NaH]. The summed E-state index contributed by atoms with van der Waals surface area (Å²) in [5, 5.41) is 0. The van der Waals surface area contributed by atoms with Gasteiger partial charge in [-0.2, -0.15) is 0 Å². The quantitative estimate of drug-likeness (QED) is 0.406. The van der Waals surface area contributed by atoms with Gasteiger partial charge in [0.1, 0.15) is 0 Å². The van der Waals surface area contributed by atoms with Crippen LogP contribution in [0.5, 0.6) is 0 Å². The van der Waals surface area contributed by atoms with Crippen molar-refractivity contribution >= 4 is 29.6 Å². The summed E-state index contributed by atoms with van der Waals surface area (Å²) in [4.78, 5) is 0. The van der Waals surface area contributed by atoms with Gasteiger partial charge in [-0.15, -0.1) is 0 Å². The van der Waals surface area contributed by atoms with E-state index in [9.17, 15) is 0 Å². The molecule has 0 amide bonds. The van der Waals surface area contributed by atoms with Gasteiger partial charge in [0.25, 0.3) is 0 Å². The average Bonchev–Trinajstić information content (AvgIpc) is 2.03. The number of ether oxygens (including phenoxy) is 3. The summed E-state index contributed by atoms with van der Waals surface area (Å²) in [6.45, 7) is 8.16. The van der Waals surface area contributed by atoms with Gasteiger partial charge in [-0.05, 0) is 13.8 Å². The molecule has 0 saturated carbocycles. The van der Waals surface area contributed by atoms with Gasteiger partial charge < -0.3 is 14.2 Å². The van der Waals surface area contributed by atoms with E-state index in [-0.39, 0.29) is 29.6 Å². The van der Waals surface area contributed by atoms with Crippen LogP contribution in [0, 0.1) is 0 Å². The molecule has 0 fully saturated rings. The Morgan fingerprint density at radius 2 is 1.00 bits per heavy atom. The van der Waals surface area contributed by atoms with Gasteiger partial charge in [0.15, 0.2) is 0 Å². The second-order valence-electron chi connectivity index (χ2n) is 2.01. The molecule has 0 N–H and O–H groups in total. The van der Waals surface area contributed by atoms with Crippen LogP contribution in [0.25, 0.3) is 0 Å². The molecule has 0 heterocycles. The van der Waals surface area contributed by atoms with Crippen LogP contribution in [0.3, 0.4) is 0 Å². The first-order valence-electron chi connectivity index (χ1n) is 4.15. The van der Waals surface area contributed by atoms with Crippen LogP contribution in [0.15, 0.2) is 0 Å². The van der Waals surface area contributed by atoms with Crippen LogP contribution in [-0.2, 0) is 14.2 Å². The first kappa shape index (κ1) is 15.4. The Hall–Kier alpha value is 0.880. The molecule has 0 radical (unpaired) electrons. The fraction of sp³-hybridized carbons (Fsp3) is 1.00. The minimum atomic E-state index is 0. The van der Waals surface area contributed by atoms with Crippen LogP contribution in [0.4, 0.5) is 0 Å². The fourth-order valence-corrected chi connectivity index (χ4v) is 0.626. The third kappa shape index (κ3) is 13.5. The summed E-state index contributed by atoms with van der Waals surface area (Å²) < 4.78 is 15.3. The molecule has 0 saturated heterocycles. The normalized spacial score (nSPS) is 9.50. The van der Waals surface area contributed by atoms with Crippen LogP contribution in [0.1, 0.15) is 13.8 Å². The number of rotatable bonds is 8. The van der Waals surface area contributed by atoms with E-state index in [1.54, 1.807) is 0 Å². The summed E-state index contributed by atoms with van der Waals surface area (Å²) >= 11 is 0. The third-order valence-corrected chi connectivity index (χ3v) is 1.15. The Morgan fingerprint density at radius 1 is 0.667 bits per heavy atom. The predicted octanol–water partition coefficient (Wildman–Crippen LogP) is 0.428. The molecule has 12 heavy (non-hydrogen) atoms. The van der Waals surface area contributed by atoms with E-state index in [1.165, 1.54) is 0 Å². The molecule has 0 atom stereocenters. The maximum atomic E-state index is 5.19. The second kappa shape index (κ2) is 14.4. The van der Waals surface area contributed by atoms with Crippen LogP contribution < -0.4 is 0 Å². The molecule has 70 valence electrons. The van der Waals surface area contributed by atoms with Gasteiger partial charge in [-0.25, -0.2) is 0 Å². The van der Waals surface area contributed by atoms with Crippen molar-refractivity contribution in [3.8, 4) is 0 Å². The number of hydrogen-bond acceptors (Lipinski definition) is 3. The molecule has 0 aliphatic rings. The Balaban J connectivity index is 0. The zero-order chi connectivity index (χ0) is 8.36. The van der Waals surface area contributed by atoms with E-state index >= 15 is 0 Å². The fourth-order valence-electron chi connectivity index (χ4n) is 0.626. The Kier molecular flexibility index (Phi) is 18.4. The molecule has 0 aliphatic carbocycles. The van der Waals surface area contributed by atoms with Crippen LogP contribution in [0.2, 0.25) is 0 Å². The maximum absolute atomic E-state index is 5.19. The molecule has 0 rings (SSSR count). The first-order valence-corrected chi connectivity index (χ1v) is 4.15. The molecule has 0 aromatic carbocycles. The summed E-state index contributed by atoms with van der Waals surface area (Å²) in [7, 11) is 0. The molecule has 0 bridgehead atoms. The molecule has 4 heteroatoms. The summed E-state index contributed by atoms with van der Waals surface area (Å²) in [6, 6.07) is 0. The molecular weight excluding hydrogens is 167 g/mol. The predicted molar refractivity (Wildman–Crippen MR) is 51.0 cm³/mol. The van der Waals surface area contributed by atoms with Crippen molar-refractivity contribution in [2.45, 2.75) is 13.8 Å². The summed E-state index contributed by atoms with van der Waals surface area (Å²) in [5.41, 5.74) is 0. The van der Waals surface area contributed by atoms with Crippen molar-refractivity contribution in [2.75, 3.05) is 39.6 Å². The molecule has 0 aromatic heterocycles. The molecule has 0 aromatic rings. The van der Waals surface area contributed by atoms with E-state index in [1.807, 2.05) is 13.8 Å². The van der Waals surface area contributed by atoms with Gasteiger partial charge in [-0.3, -0.25) is 0 Å². The standard InChI is InChI=1S/C8H18O3.Na.H/c1-3-9-5-7-11-8-6-10-4-2;;/h3-8H2,1-2H3;;. The summed E-state index contributed by atoms with van der Waals surface area (Å²) in [5.74, 6) is 0. The van der Waals surface area contributed by atoms with Gasteiger partial charge >= 0.3 is 29.6 Å². The van der Waals surface area contributed by atoms with E-state index in [4.69, 9.17) is 14.2 Å². The zero-order valence-electron chi connectivity index (χ0n) is 7.47. The van der Waals surface area contributed by atoms with Gasteiger partial charge in [0.05, 0.1) is 26.4 Å². The minimum absolute atomic E-state index is 0. The Labute approximate surface area is 97.0 Å². The molecule has 0 aliphatic heterocycles. The van der Waals surface area contributed by atoms with Gasteiger partial charge in [0.2, 0.25) is 0 Å². The average molecular weight is 186 g/mol. The Morgan fingerprint density at radius 3 is 1.33 bits per heavy atom. The third-order valence-electron chi connectivity index (χ3n) is 1.15. The topological polar surface area (TPSA) is 27.7 Å². The van der Waals surface area contributed by atoms with E-state index in [0.29, 0.717) is 26.4 Å². The van der Waals surface area contributed by atoms with Crippen molar-refractivity contribution in [3.05, 3.63) is 0 Å². The molecular formula is C8H19NaO3. The molecule has 3 nitrogen and oxygen atoms in total. The van der Waals surface area contributed by atoms with Crippen molar-refractivity contribution in [1.82, 2.24) is 0 Å². The molecule has 0 spiro atoms. The second-order valence-corrected chi connectivity index (χ2v) is 2.01. The number of hydrogen-bond donors (Lipinski definition) is 0. The van der Waals surface area contributed by atoms with Gasteiger partial charge in [-0.1, -0.05) is 0 Å². The van der Waals surface area contributed by atoms with Crippen molar-refractivity contribution < 1.29 is 14.2 Å². The van der Waals surface area contributed by atoms with Crippen LogP contribution in [-0.4, -0.2) is 69.2 Å². The summed E-state index contributed by atoms with van der Waals surface area (Å²) in [6.07, 6.45) is 0. The monoisotopic (exact) mass is 186 g/mol. The van der Waals surface area contributed by atoms with Crippen LogP contribution >= 0.6 is 0 Å². The van der Waals surface area contributed by atoms with Crippen molar-refractivity contribution in [1.29, 1.82) is 0 Å². The zero-order valence-corrected chi connectivity index (χ0v) is 7.47. The van der Waals surface area contributed by atoms with E-state index in [2.05, 4.69) is 0 Å². The van der Waals surface area contributed by atoms with Gasteiger partial charge in [0, 0.05) is 13.2 Å². The van der Waals surface area contributed by atoms with E-state index in [0.717, 1.165) is 13.2 Å². The molecule has 0 unspecified atom stereocenters. The Bertz CT molecular complexity index is 63.3. The van der Waals surface area contributed by atoms with Crippen molar-refractivity contribution in [3.63, 3.8) is 0 Å².